The molecule has 0 fully saturated rings. The van der Waals surface area contributed by atoms with Gasteiger partial charge in [-0.05, 0) is 6.42 Å². The molecule has 1 atom stereocenters. The van der Waals surface area contributed by atoms with Crippen LogP contribution in [0.2, 0.25) is 0 Å². The monoisotopic (exact) mass is 211 g/mol. The number of hydrogen-bond acceptors (Lipinski definition) is 4. The fourth-order valence-corrected chi connectivity index (χ4v) is 1.50. The molecule has 5 heteroatoms. The topological polar surface area (TPSA) is 70.1 Å². The lowest BCUT2D eigenvalue weighted by Crippen LogP contribution is -2.25. The number of carbonyl (C=O) groups excluding carboxylic acids is 1. The number of aromatic nitrogens is 2. The summed E-state index contributed by atoms with van der Waals surface area (Å²) in [6.45, 7) is 2.29. The zero-order valence-corrected chi connectivity index (χ0v) is 9.36. The fraction of sp³-hybridized carbons (Fsp3) is 0.600. The Balaban J connectivity index is 3.03. The second-order valence-electron chi connectivity index (χ2n) is 3.39. The van der Waals surface area contributed by atoms with Crippen molar-refractivity contribution in [2.24, 2.45) is 18.7 Å². The number of Topliss-reactive ketones (excluding diaryl/α,β-unsaturated/α-hetero) is 1. The summed E-state index contributed by atoms with van der Waals surface area (Å²) in [6.07, 6.45) is 2.26. The molecule has 84 valence electrons. The molecule has 0 bridgehead atoms. The van der Waals surface area contributed by atoms with Crippen LogP contribution in [-0.2, 0) is 7.05 Å². The van der Waals surface area contributed by atoms with Gasteiger partial charge in [-0.3, -0.25) is 9.48 Å². The first-order chi connectivity index (χ1) is 7.15. The normalized spacial score (nSPS) is 12.5. The average Bonchev–Trinajstić information content (AvgIpc) is 2.61. The van der Waals surface area contributed by atoms with Gasteiger partial charge in [-0.2, -0.15) is 5.10 Å². The zero-order valence-electron chi connectivity index (χ0n) is 9.36. The van der Waals surface area contributed by atoms with E-state index in [1.54, 1.807) is 7.05 Å². The zero-order chi connectivity index (χ0) is 11.4. The number of ether oxygens (including phenoxy) is 1. The lowest BCUT2D eigenvalue weighted by molar-refractivity contribution is 0.0908. The summed E-state index contributed by atoms with van der Waals surface area (Å²) in [5.74, 6) is 0.348. The van der Waals surface area contributed by atoms with Crippen molar-refractivity contribution >= 4 is 5.78 Å². The predicted molar refractivity (Wildman–Crippen MR) is 56.9 cm³/mol. The Labute approximate surface area is 89.2 Å². The molecule has 1 heterocycles. The molecule has 0 aliphatic carbocycles. The van der Waals surface area contributed by atoms with Crippen LogP contribution in [0, 0.1) is 5.92 Å². The van der Waals surface area contributed by atoms with E-state index in [9.17, 15) is 4.79 Å². The smallest absolute Gasteiger partial charge is 0.188 e. The number of carbonyl (C=O) groups is 1. The van der Waals surface area contributed by atoms with Gasteiger partial charge in [-0.15, -0.1) is 0 Å². The van der Waals surface area contributed by atoms with E-state index >= 15 is 0 Å². The van der Waals surface area contributed by atoms with Crippen LogP contribution in [0.5, 0.6) is 5.75 Å². The van der Waals surface area contributed by atoms with Crippen LogP contribution in [0.4, 0.5) is 0 Å². The van der Waals surface area contributed by atoms with Crippen molar-refractivity contribution in [2.45, 2.75) is 13.3 Å². The first-order valence-corrected chi connectivity index (χ1v) is 4.95. The van der Waals surface area contributed by atoms with Gasteiger partial charge in [0.25, 0.3) is 0 Å². The summed E-state index contributed by atoms with van der Waals surface area (Å²) in [6, 6.07) is 0. The summed E-state index contributed by atoms with van der Waals surface area (Å²) in [5.41, 5.74) is 6.04. The minimum absolute atomic E-state index is 0.00292. The molecule has 0 radical (unpaired) electrons. The third-order valence-corrected chi connectivity index (χ3v) is 2.51. The third kappa shape index (κ3) is 2.18. The Kier molecular flexibility index (Phi) is 3.85. The molecule has 0 aromatic carbocycles. The predicted octanol–water partition coefficient (Wildman–Crippen LogP) is 0.596. The molecule has 0 saturated carbocycles. The van der Waals surface area contributed by atoms with E-state index in [1.807, 2.05) is 6.92 Å². The van der Waals surface area contributed by atoms with Crippen LogP contribution < -0.4 is 10.5 Å². The van der Waals surface area contributed by atoms with Gasteiger partial charge in [0.05, 0.1) is 13.3 Å². The van der Waals surface area contributed by atoms with E-state index in [0.717, 1.165) is 6.42 Å². The van der Waals surface area contributed by atoms with Crippen molar-refractivity contribution in [1.82, 2.24) is 9.78 Å². The molecule has 1 aromatic rings. The SMILES string of the molecule is CCC(CN)C(=O)c1c(OC)cnn1C. The van der Waals surface area contributed by atoms with Gasteiger partial charge < -0.3 is 10.5 Å². The Hall–Kier alpha value is -1.36. The van der Waals surface area contributed by atoms with Gasteiger partial charge in [-0.25, -0.2) is 0 Å². The third-order valence-electron chi connectivity index (χ3n) is 2.51. The van der Waals surface area contributed by atoms with E-state index in [4.69, 9.17) is 10.5 Å². The highest BCUT2D eigenvalue weighted by molar-refractivity contribution is 5.98. The molecule has 0 spiro atoms. The first-order valence-electron chi connectivity index (χ1n) is 4.95. The molecule has 1 unspecified atom stereocenters. The van der Waals surface area contributed by atoms with E-state index in [0.29, 0.717) is 18.0 Å². The van der Waals surface area contributed by atoms with Crippen molar-refractivity contribution in [2.75, 3.05) is 13.7 Å². The Morgan fingerprint density at radius 3 is 2.87 bits per heavy atom. The van der Waals surface area contributed by atoms with Crippen LogP contribution in [0.1, 0.15) is 23.8 Å². The molecule has 0 amide bonds. The number of aryl methyl sites for hydroxylation is 1. The standard InChI is InChI=1S/C10H17N3O2/c1-4-7(5-11)10(14)9-8(15-3)6-12-13(9)2/h6-7H,4-5,11H2,1-3H3. The highest BCUT2D eigenvalue weighted by Gasteiger charge is 2.23. The van der Waals surface area contributed by atoms with Crippen molar-refractivity contribution in [3.8, 4) is 5.75 Å². The van der Waals surface area contributed by atoms with Gasteiger partial charge in [0.2, 0.25) is 0 Å². The molecule has 2 N–H and O–H groups in total. The van der Waals surface area contributed by atoms with E-state index in [2.05, 4.69) is 5.10 Å². The number of methoxy groups -OCH3 is 1. The molecule has 0 aliphatic heterocycles. The van der Waals surface area contributed by atoms with Crippen molar-refractivity contribution < 1.29 is 9.53 Å². The van der Waals surface area contributed by atoms with Crippen LogP contribution in [0.15, 0.2) is 6.20 Å². The molecule has 0 aliphatic rings. The summed E-state index contributed by atoms with van der Waals surface area (Å²) in [7, 11) is 3.25. The van der Waals surface area contributed by atoms with Gasteiger partial charge in [0.15, 0.2) is 11.5 Å². The van der Waals surface area contributed by atoms with Crippen molar-refractivity contribution in [3.63, 3.8) is 0 Å². The maximum absolute atomic E-state index is 12.0. The van der Waals surface area contributed by atoms with Gasteiger partial charge in [-0.1, -0.05) is 6.92 Å². The van der Waals surface area contributed by atoms with Gasteiger partial charge >= 0.3 is 0 Å². The highest BCUT2D eigenvalue weighted by Crippen LogP contribution is 2.21. The quantitative estimate of drug-likeness (QED) is 0.724. The van der Waals surface area contributed by atoms with E-state index < -0.39 is 0 Å². The van der Waals surface area contributed by atoms with Gasteiger partial charge in [0.1, 0.15) is 5.69 Å². The number of rotatable bonds is 5. The molecular weight excluding hydrogens is 194 g/mol. The highest BCUT2D eigenvalue weighted by atomic mass is 16.5. The van der Waals surface area contributed by atoms with Gasteiger partial charge in [0, 0.05) is 19.5 Å². The number of ketones is 1. The van der Waals surface area contributed by atoms with Crippen LogP contribution in [-0.4, -0.2) is 29.2 Å². The lowest BCUT2D eigenvalue weighted by Gasteiger charge is -2.11. The lowest BCUT2D eigenvalue weighted by atomic mass is 9.98. The second-order valence-corrected chi connectivity index (χ2v) is 3.39. The van der Waals surface area contributed by atoms with Crippen LogP contribution in [0.25, 0.3) is 0 Å². The molecule has 1 rings (SSSR count). The molecule has 15 heavy (non-hydrogen) atoms. The van der Waals surface area contributed by atoms with E-state index in [1.165, 1.54) is 18.0 Å². The maximum Gasteiger partial charge on any atom is 0.188 e. The first kappa shape index (κ1) is 11.7. The largest absolute Gasteiger partial charge is 0.493 e. The van der Waals surface area contributed by atoms with E-state index in [-0.39, 0.29) is 11.7 Å². The maximum atomic E-state index is 12.0. The minimum Gasteiger partial charge on any atom is -0.493 e. The number of hydrogen-bond donors (Lipinski definition) is 1. The van der Waals surface area contributed by atoms with Crippen molar-refractivity contribution in [1.29, 1.82) is 0 Å². The average molecular weight is 211 g/mol. The van der Waals surface area contributed by atoms with Crippen molar-refractivity contribution in [3.05, 3.63) is 11.9 Å². The molecular formula is C10H17N3O2. The second kappa shape index (κ2) is 4.93. The molecule has 1 aromatic heterocycles. The molecule has 0 saturated heterocycles. The Morgan fingerprint density at radius 2 is 2.40 bits per heavy atom. The summed E-state index contributed by atoms with van der Waals surface area (Å²) in [4.78, 5) is 12.0. The Morgan fingerprint density at radius 1 is 1.73 bits per heavy atom. The molecule has 5 nitrogen and oxygen atoms in total. The summed E-state index contributed by atoms with van der Waals surface area (Å²) < 4.78 is 6.61. The minimum atomic E-state index is -0.158. The number of nitrogens with two attached hydrogens (primary N) is 1. The number of nitrogens with zero attached hydrogens (tertiary/aromatic N) is 2. The summed E-state index contributed by atoms with van der Waals surface area (Å²) in [5, 5.41) is 3.99. The summed E-state index contributed by atoms with van der Waals surface area (Å²) >= 11 is 0. The van der Waals surface area contributed by atoms with Crippen LogP contribution in [0.3, 0.4) is 0 Å². The van der Waals surface area contributed by atoms with Crippen LogP contribution >= 0.6 is 0 Å². The Bertz CT molecular complexity index is 342. The fourth-order valence-electron chi connectivity index (χ4n) is 1.50.